The van der Waals surface area contributed by atoms with Crippen molar-refractivity contribution in [1.29, 1.82) is 0 Å². The Hall–Kier alpha value is -0.910. The van der Waals surface area contributed by atoms with Crippen LogP contribution in [0.5, 0.6) is 0 Å². The number of carbonyl (C=O) groups is 1. The summed E-state index contributed by atoms with van der Waals surface area (Å²) < 4.78 is 0. The standard InChI is InChI=1S/C14H20N2O2S/c15-11-2-1-9(7-12(11)17)14(18)16-5-3-13-10(8-16)4-6-19-13/h4,6,9,11-12,17H,1-3,5,7-8,15H2/t9-,11-,12-/m0/s1. The molecule has 0 spiro atoms. The first-order valence-corrected chi connectivity index (χ1v) is 7.81. The second-order valence-corrected chi connectivity index (χ2v) is 6.62. The van der Waals surface area contributed by atoms with Crippen LogP contribution in [-0.2, 0) is 17.8 Å². The number of thiophene rings is 1. The van der Waals surface area contributed by atoms with Gasteiger partial charge in [0.15, 0.2) is 0 Å². The Morgan fingerprint density at radius 1 is 1.47 bits per heavy atom. The van der Waals surface area contributed by atoms with E-state index in [4.69, 9.17) is 5.73 Å². The highest BCUT2D eigenvalue weighted by Gasteiger charge is 2.34. The van der Waals surface area contributed by atoms with Crippen molar-refractivity contribution in [2.24, 2.45) is 11.7 Å². The normalized spacial score (nSPS) is 31.1. The number of carbonyl (C=O) groups excluding carboxylic acids is 1. The Kier molecular flexibility index (Phi) is 3.60. The number of aliphatic hydroxyl groups is 1. The van der Waals surface area contributed by atoms with Crippen LogP contribution in [0.2, 0.25) is 0 Å². The fraction of sp³-hybridized carbons (Fsp3) is 0.643. The molecule has 1 fully saturated rings. The smallest absolute Gasteiger partial charge is 0.226 e. The maximum atomic E-state index is 12.5. The summed E-state index contributed by atoms with van der Waals surface area (Å²) in [5, 5.41) is 11.9. The van der Waals surface area contributed by atoms with Gasteiger partial charge in [-0.25, -0.2) is 0 Å². The summed E-state index contributed by atoms with van der Waals surface area (Å²) in [5.74, 6) is 0.151. The first-order chi connectivity index (χ1) is 9.15. The van der Waals surface area contributed by atoms with Gasteiger partial charge in [-0.3, -0.25) is 4.79 Å². The Morgan fingerprint density at radius 3 is 3.11 bits per heavy atom. The van der Waals surface area contributed by atoms with Crippen LogP contribution in [0.1, 0.15) is 29.7 Å². The van der Waals surface area contributed by atoms with Crippen molar-refractivity contribution < 1.29 is 9.90 Å². The van der Waals surface area contributed by atoms with Crippen LogP contribution in [0.3, 0.4) is 0 Å². The summed E-state index contributed by atoms with van der Waals surface area (Å²) in [6.07, 6.45) is 2.52. The molecular weight excluding hydrogens is 260 g/mol. The van der Waals surface area contributed by atoms with Gasteiger partial charge in [0.05, 0.1) is 6.10 Å². The van der Waals surface area contributed by atoms with Crippen molar-refractivity contribution in [2.45, 2.75) is 44.4 Å². The van der Waals surface area contributed by atoms with Crippen LogP contribution in [0, 0.1) is 5.92 Å². The fourth-order valence-corrected chi connectivity index (χ4v) is 3.98. The molecule has 1 aromatic heterocycles. The molecular formula is C14H20N2O2S. The van der Waals surface area contributed by atoms with E-state index in [0.29, 0.717) is 6.42 Å². The molecule has 0 bridgehead atoms. The lowest BCUT2D eigenvalue weighted by Crippen LogP contribution is -2.46. The van der Waals surface area contributed by atoms with E-state index in [-0.39, 0.29) is 17.9 Å². The predicted octanol–water partition coefficient (Wildman–Crippen LogP) is 1.12. The molecule has 2 heterocycles. The lowest BCUT2D eigenvalue weighted by atomic mass is 9.83. The number of fused-ring (bicyclic) bond motifs is 1. The number of rotatable bonds is 1. The summed E-state index contributed by atoms with van der Waals surface area (Å²) >= 11 is 1.78. The van der Waals surface area contributed by atoms with Crippen LogP contribution in [0.25, 0.3) is 0 Å². The zero-order valence-electron chi connectivity index (χ0n) is 10.9. The monoisotopic (exact) mass is 280 g/mol. The lowest BCUT2D eigenvalue weighted by molar-refractivity contribution is -0.139. The van der Waals surface area contributed by atoms with E-state index in [9.17, 15) is 9.90 Å². The van der Waals surface area contributed by atoms with E-state index in [1.165, 1.54) is 10.4 Å². The fourth-order valence-electron chi connectivity index (χ4n) is 3.09. The van der Waals surface area contributed by atoms with Crippen LogP contribution in [-0.4, -0.2) is 34.6 Å². The van der Waals surface area contributed by atoms with E-state index in [1.807, 2.05) is 4.90 Å². The molecule has 19 heavy (non-hydrogen) atoms. The molecule has 0 unspecified atom stereocenters. The molecule has 1 aliphatic heterocycles. The third-order valence-corrected chi connectivity index (χ3v) is 5.36. The van der Waals surface area contributed by atoms with Crippen molar-refractivity contribution in [3.63, 3.8) is 0 Å². The van der Waals surface area contributed by atoms with Gasteiger partial charge in [0.1, 0.15) is 0 Å². The van der Waals surface area contributed by atoms with Gasteiger partial charge in [-0.1, -0.05) is 0 Å². The van der Waals surface area contributed by atoms with Gasteiger partial charge in [0.25, 0.3) is 0 Å². The maximum Gasteiger partial charge on any atom is 0.226 e. The molecule has 1 aromatic rings. The highest BCUT2D eigenvalue weighted by molar-refractivity contribution is 7.10. The number of hydrogen-bond donors (Lipinski definition) is 2. The summed E-state index contributed by atoms with van der Waals surface area (Å²) in [5.41, 5.74) is 7.08. The summed E-state index contributed by atoms with van der Waals surface area (Å²) in [6, 6.07) is 1.96. The molecule has 1 saturated carbocycles. The second kappa shape index (κ2) is 5.23. The molecule has 5 heteroatoms. The van der Waals surface area contributed by atoms with E-state index in [1.54, 1.807) is 11.3 Å². The van der Waals surface area contributed by atoms with Crippen LogP contribution >= 0.6 is 11.3 Å². The molecule has 3 rings (SSSR count). The maximum absolute atomic E-state index is 12.5. The van der Waals surface area contributed by atoms with Crippen molar-refractivity contribution in [3.8, 4) is 0 Å². The van der Waals surface area contributed by atoms with Crippen molar-refractivity contribution in [3.05, 3.63) is 21.9 Å². The Labute approximate surface area is 117 Å². The second-order valence-electron chi connectivity index (χ2n) is 5.62. The van der Waals surface area contributed by atoms with Gasteiger partial charge in [-0.15, -0.1) is 11.3 Å². The van der Waals surface area contributed by atoms with Crippen LogP contribution < -0.4 is 5.73 Å². The summed E-state index contributed by atoms with van der Waals surface area (Å²) in [7, 11) is 0. The SMILES string of the molecule is N[C@H]1CC[C@H](C(=O)N2CCc3sccc3C2)C[C@@H]1O. The van der Waals surface area contributed by atoms with Crippen LogP contribution in [0.15, 0.2) is 11.4 Å². The van der Waals surface area contributed by atoms with Gasteiger partial charge >= 0.3 is 0 Å². The number of hydrogen-bond acceptors (Lipinski definition) is 4. The Balaban J connectivity index is 1.65. The van der Waals surface area contributed by atoms with Gasteiger partial charge in [-0.05, 0) is 42.7 Å². The van der Waals surface area contributed by atoms with Gasteiger partial charge < -0.3 is 15.7 Å². The predicted molar refractivity (Wildman–Crippen MR) is 74.8 cm³/mol. The third-order valence-electron chi connectivity index (χ3n) is 4.34. The minimum absolute atomic E-state index is 0.0463. The largest absolute Gasteiger partial charge is 0.391 e. The topological polar surface area (TPSA) is 66.6 Å². The molecule has 0 aromatic carbocycles. The molecule has 1 aliphatic carbocycles. The number of nitrogens with zero attached hydrogens (tertiary/aromatic N) is 1. The highest BCUT2D eigenvalue weighted by atomic mass is 32.1. The molecule has 104 valence electrons. The van der Waals surface area contributed by atoms with Crippen molar-refractivity contribution in [2.75, 3.05) is 6.54 Å². The van der Waals surface area contributed by atoms with Gasteiger partial charge in [0, 0.05) is 29.9 Å². The van der Waals surface area contributed by atoms with Gasteiger partial charge in [0.2, 0.25) is 5.91 Å². The average molecular weight is 280 g/mol. The lowest BCUT2D eigenvalue weighted by Gasteiger charge is -2.35. The van der Waals surface area contributed by atoms with E-state index in [2.05, 4.69) is 11.4 Å². The molecule has 3 N–H and O–H groups in total. The molecule has 0 radical (unpaired) electrons. The van der Waals surface area contributed by atoms with E-state index < -0.39 is 6.10 Å². The quantitative estimate of drug-likeness (QED) is 0.810. The van der Waals surface area contributed by atoms with Crippen molar-refractivity contribution >= 4 is 17.2 Å². The molecule has 4 nitrogen and oxygen atoms in total. The minimum Gasteiger partial charge on any atom is -0.391 e. The number of nitrogens with two attached hydrogens (primary N) is 1. The minimum atomic E-state index is -0.524. The Bertz CT molecular complexity index is 474. The molecule has 2 aliphatic rings. The van der Waals surface area contributed by atoms with Gasteiger partial charge in [-0.2, -0.15) is 0 Å². The average Bonchev–Trinajstić information content (AvgIpc) is 2.88. The highest BCUT2D eigenvalue weighted by Crippen LogP contribution is 2.29. The number of amides is 1. The molecule has 3 atom stereocenters. The molecule has 1 amide bonds. The first kappa shape index (κ1) is 13.1. The third kappa shape index (κ3) is 2.55. The first-order valence-electron chi connectivity index (χ1n) is 6.93. The zero-order valence-corrected chi connectivity index (χ0v) is 11.7. The van der Waals surface area contributed by atoms with E-state index in [0.717, 1.165) is 32.4 Å². The summed E-state index contributed by atoms with van der Waals surface area (Å²) in [6.45, 7) is 1.54. The summed E-state index contributed by atoms with van der Waals surface area (Å²) in [4.78, 5) is 15.9. The number of aliphatic hydroxyl groups excluding tert-OH is 1. The molecule has 0 saturated heterocycles. The zero-order chi connectivity index (χ0) is 13.4. The Morgan fingerprint density at radius 2 is 2.32 bits per heavy atom. The van der Waals surface area contributed by atoms with Crippen molar-refractivity contribution in [1.82, 2.24) is 4.90 Å². The van der Waals surface area contributed by atoms with Crippen LogP contribution in [0.4, 0.5) is 0 Å². The van der Waals surface area contributed by atoms with E-state index >= 15 is 0 Å².